The van der Waals surface area contributed by atoms with Gasteiger partial charge in [0.15, 0.2) is 11.5 Å². The number of nitrogens with one attached hydrogen (secondary N) is 1. The summed E-state index contributed by atoms with van der Waals surface area (Å²) in [6, 6.07) is 11.7. The summed E-state index contributed by atoms with van der Waals surface area (Å²) in [4.78, 5) is 4.01. The zero-order valence-corrected chi connectivity index (χ0v) is 12.4. The number of pyridine rings is 1. The Morgan fingerprint density at radius 3 is 2.70 bits per heavy atom. The maximum Gasteiger partial charge on any atom is 0.185 e. The molecule has 3 aromatic heterocycles. The molecule has 23 heavy (non-hydrogen) atoms. The molecule has 7 heteroatoms. The number of benzene rings is 1. The van der Waals surface area contributed by atoms with E-state index in [1.165, 1.54) is 0 Å². The highest BCUT2D eigenvalue weighted by Crippen LogP contribution is 2.23. The Bertz CT molecular complexity index is 1000. The van der Waals surface area contributed by atoms with Crippen molar-refractivity contribution >= 4 is 27.9 Å². The predicted molar refractivity (Wildman–Crippen MR) is 88.4 cm³/mol. The molecular weight excluding hydrogens is 290 g/mol. The first-order valence-corrected chi connectivity index (χ1v) is 7.12. The summed E-state index contributed by atoms with van der Waals surface area (Å²) in [6.07, 6.45) is 5.06. The average Bonchev–Trinajstić information content (AvgIpc) is 3.09. The first kappa shape index (κ1) is 13.3. The second-order valence-corrected chi connectivity index (χ2v) is 5.04. The van der Waals surface area contributed by atoms with Crippen LogP contribution in [-0.2, 0) is 0 Å². The van der Waals surface area contributed by atoms with Crippen LogP contribution < -0.4 is 5.43 Å². The SMILES string of the molecule is CC(=NNc1nn2cnnc2c2ccccc12)c1ccncc1. The van der Waals surface area contributed by atoms with Gasteiger partial charge in [-0.2, -0.15) is 9.62 Å². The number of hydrogen-bond acceptors (Lipinski definition) is 6. The van der Waals surface area contributed by atoms with E-state index in [4.69, 9.17) is 0 Å². The Labute approximate surface area is 131 Å². The molecule has 0 spiro atoms. The van der Waals surface area contributed by atoms with Gasteiger partial charge in [-0.25, -0.2) is 0 Å². The van der Waals surface area contributed by atoms with Gasteiger partial charge in [0.1, 0.15) is 6.33 Å². The molecule has 0 unspecified atom stereocenters. The summed E-state index contributed by atoms with van der Waals surface area (Å²) in [7, 11) is 0. The fourth-order valence-electron chi connectivity index (χ4n) is 2.40. The smallest absolute Gasteiger partial charge is 0.185 e. The largest absolute Gasteiger partial charge is 0.265 e. The summed E-state index contributed by atoms with van der Waals surface area (Å²) < 4.78 is 1.64. The first-order chi connectivity index (χ1) is 11.3. The molecule has 0 amide bonds. The van der Waals surface area contributed by atoms with Gasteiger partial charge in [-0.05, 0) is 19.1 Å². The Balaban J connectivity index is 1.79. The molecule has 0 fully saturated rings. The van der Waals surface area contributed by atoms with Crippen LogP contribution in [0.2, 0.25) is 0 Å². The lowest BCUT2D eigenvalue weighted by Gasteiger charge is -2.07. The molecule has 1 aromatic carbocycles. The van der Waals surface area contributed by atoms with Crippen molar-refractivity contribution in [1.29, 1.82) is 0 Å². The third-order valence-corrected chi connectivity index (χ3v) is 3.59. The second-order valence-electron chi connectivity index (χ2n) is 5.04. The van der Waals surface area contributed by atoms with E-state index in [-0.39, 0.29) is 0 Å². The summed E-state index contributed by atoms with van der Waals surface area (Å²) in [5, 5.41) is 18.9. The van der Waals surface area contributed by atoms with Crippen LogP contribution in [-0.4, -0.2) is 30.5 Å². The minimum Gasteiger partial charge on any atom is -0.265 e. The summed E-state index contributed by atoms with van der Waals surface area (Å²) in [5.41, 5.74) is 5.62. The lowest BCUT2D eigenvalue weighted by Crippen LogP contribution is -2.04. The molecule has 0 aliphatic rings. The van der Waals surface area contributed by atoms with Crippen molar-refractivity contribution in [3.05, 3.63) is 60.7 Å². The Morgan fingerprint density at radius 1 is 1.09 bits per heavy atom. The summed E-state index contributed by atoms with van der Waals surface area (Å²) >= 11 is 0. The van der Waals surface area contributed by atoms with Crippen LogP contribution in [0, 0.1) is 0 Å². The molecule has 4 aromatic rings. The molecule has 0 aliphatic heterocycles. The number of anilines is 1. The molecule has 3 heterocycles. The zero-order valence-electron chi connectivity index (χ0n) is 12.4. The molecule has 112 valence electrons. The number of nitrogens with zero attached hydrogens (tertiary/aromatic N) is 6. The van der Waals surface area contributed by atoms with Crippen molar-refractivity contribution in [3.8, 4) is 0 Å². The lowest BCUT2D eigenvalue weighted by atomic mass is 10.2. The minimum absolute atomic E-state index is 0.654. The van der Waals surface area contributed by atoms with Crippen molar-refractivity contribution in [2.45, 2.75) is 6.92 Å². The zero-order chi connectivity index (χ0) is 15.6. The van der Waals surface area contributed by atoms with E-state index in [9.17, 15) is 0 Å². The van der Waals surface area contributed by atoms with Gasteiger partial charge >= 0.3 is 0 Å². The standard InChI is InChI=1S/C16H13N7/c1-11(12-6-8-17-9-7-12)19-20-15-13-4-2-3-5-14(13)16-21-18-10-23(16)22-15/h2-10H,1H3,(H,20,22). The van der Waals surface area contributed by atoms with Crippen LogP contribution >= 0.6 is 0 Å². The van der Waals surface area contributed by atoms with Crippen molar-refractivity contribution in [2.75, 3.05) is 5.43 Å². The maximum absolute atomic E-state index is 4.49. The predicted octanol–water partition coefficient (Wildman–Crippen LogP) is 2.51. The van der Waals surface area contributed by atoms with Crippen molar-refractivity contribution in [3.63, 3.8) is 0 Å². The Hall–Kier alpha value is -3.35. The number of hydrazone groups is 1. The van der Waals surface area contributed by atoms with E-state index >= 15 is 0 Å². The van der Waals surface area contributed by atoms with Crippen molar-refractivity contribution in [1.82, 2.24) is 24.8 Å². The van der Waals surface area contributed by atoms with E-state index < -0.39 is 0 Å². The highest BCUT2D eigenvalue weighted by Gasteiger charge is 2.09. The molecule has 1 N–H and O–H groups in total. The maximum atomic E-state index is 4.49. The molecule has 0 saturated heterocycles. The Kier molecular flexibility index (Phi) is 3.16. The van der Waals surface area contributed by atoms with E-state index in [1.807, 2.05) is 43.3 Å². The summed E-state index contributed by atoms with van der Waals surface area (Å²) in [5.74, 6) is 0.654. The van der Waals surface area contributed by atoms with Gasteiger partial charge in [-0.3, -0.25) is 10.4 Å². The second kappa shape index (κ2) is 5.45. The lowest BCUT2D eigenvalue weighted by molar-refractivity contribution is 0.934. The topological polar surface area (TPSA) is 80.4 Å². The fourth-order valence-corrected chi connectivity index (χ4v) is 2.40. The number of rotatable bonds is 3. The van der Waals surface area contributed by atoms with Crippen LogP contribution in [0.5, 0.6) is 0 Å². The van der Waals surface area contributed by atoms with Crippen LogP contribution in [0.4, 0.5) is 5.82 Å². The fraction of sp³-hybridized carbons (Fsp3) is 0.0625. The van der Waals surface area contributed by atoms with Crippen LogP contribution in [0.15, 0.2) is 60.2 Å². The number of hydrogen-bond donors (Lipinski definition) is 1. The first-order valence-electron chi connectivity index (χ1n) is 7.12. The third kappa shape index (κ3) is 2.38. The quantitative estimate of drug-likeness (QED) is 0.464. The molecule has 0 saturated carbocycles. The van der Waals surface area contributed by atoms with E-state index in [0.717, 1.165) is 27.7 Å². The van der Waals surface area contributed by atoms with Crippen LogP contribution in [0.25, 0.3) is 16.4 Å². The normalized spacial score (nSPS) is 12.0. The van der Waals surface area contributed by atoms with E-state index in [0.29, 0.717) is 5.82 Å². The molecular formula is C16H13N7. The van der Waals surface area contributed by atoms with Crippen LogP contribution in [0.1, 0.15) is 12.5 Å². The Morgan fingerprint density at radius 2 is 1.87 bits per heavy atom. The molecule has 0 bridgehead atoms. The number of fused-ring (bicyclic) bond motifs is 3. The molecule has 0 aliphatic carbocycles. The molecule has 0 radical (unpaired) electrons. The highest BCUT2D eigenvalue weighted by atomic mass is 15.4. The van der Waals surface area contributed by atoms with E-state index in [2.05, 4.69) is 30.8 Å². The molecule has 7 nitrogen and oxygen atoms in total. The number of aromatic nitrogens is 5. The highest BCUT2D eigenvalue weighted by molar-refractivity contribution is 6.01. The van der Waals surface area contributed by atoms with Crippen molar-refractivity contribution < 1.29 is 0 Å². The average molecular weight is 303 g/mol. The van der Waals surface area contributed by atoms with Crippen LogP contribution in [0.3, 0.4) is 0 Å². The van der Waals surface area contributed by atoms with Gasteiger partial charge in [0, 0.05) is 28.7 Å². The van der Waals surface area contributed by atoms with Gasteiger partial charge < -0.3 is 0 Å². The van der Waals surface area contributed by atoms with Gasteiger partial charge in [0.2, 0.25) is 0 Å². The van der Waals surface area contributed by atoms with Gasteiger partial charge in [-0.15, -0.1) is 15.3 Å². The third-order valence-electron chi connectivity index (χ3n) is 3.59. The summed E-state index contributed by atoms with van der Waals surface area (Å²) in [6.45, 7) is 1.93. The monoisotopic (exact) mass is 303 g/mol. The van der Waals surface area contributed by atoms with Crippen molar-refractivity contribution in [2.24, 2.45) is 5.10 Å². The van der Waals surface area contributed by atoms with E-state index in [1.54, 1.807) is 23.2 Å². The molecule has 4 rings (SSSR count). The van der Waals surface area contributed by atoms with Gasteiger partial charge in [0.05, 0.1) is 5.71 Å². The van der Waals surface area contributed by atoms with Gasteiger partial charge in [0.25, 0.3) is 0 Å². The van der Waals surface area contributed by atoms with Gasteiger partial charge in [-0.1, -0.05) is 24.3 Å². The minimum atomic E-state index is 0.654. The molecule has 0 atom stereocenters.